The molecule has 25 heavy (non-hydrogen) atoms. The fourth-order valence-electron chi connectivity index (χ4n) is 2.32. The number of hydrogen-bond donors (Lipinski definition) is 1. The summed E-state index contributed by atoms with van der Waals surface area (Å²) < 4.78 is 40.4. The van der Waals surface area contributed by atoms with E-state index in [-0.39, 0.29) is 23.5 Å². The van der Waals surface area contributed by atoms with Gasteiger partial charge in [-0.3, -0.25) is 4.79 Å². The van der Waals surface area contributed by atoms with Gasteiger partial charge in [0, 0.05) is 23.8 Å². The van der Waals surface area contributed by atoms with E-state index >= 15 is 0 Å². The summed E-state index contributed by atoms with van der Waals surface area (Å²) in [6, 6.07) is 9.54. The van der Waals surface area contributed by atoms with Crippen molar-refractivity contribution in [2.75, 3.05) is 18.4 Å². The Morgan fingerprint density at radius 3 is 2.44 bits per heavy atom. The molecule has 134 valence electrons. The third-order valence-electron chi connectivity index (χ3n) is 3.61. The molecule has 0 radical (unpaired) electrons. The third kappa shape index (κ3) is 4.36. The largest absolute Gasteiger partial charge is 0.322 e. The summed E-state index contributed by atoms with van der Waals surface area (Å²) in [5.41, 5.74) is 0.0297. The van der Waals surface area contributed by atoms with Crippen molar-refractivity contribution in [1.29, 1.82) is 0 Å². The van der Waals surface area contributed by atoms with Crippen LogP contribution >= 0.6 is 11.6 Å². The highest BCUT2D eigenvalue weighted by molar-refractivity contribution is 7.89. The summed E-state index contributed by atoms with van der Waals surface area (Å²) in [5.74, 6) is -1.56. The number of carbonyl (C=O) groups excluding carboxylic acids is 1. The number of nitrogens with one attached hydrogen (secondary N) is 1. The first-order chi connectivity index (χ1) is 11.8. The topological polar surface area (TPSA) is 66.5 Å². The molecule has 0 unspecified atom stereocenters. The van der Waals surface area contributed by atoms with Crippen LogP contribution in [0.4, 0.5) is 10.1 Å². The monoisotopic (exact) mass is 384 g/mol. The molecule has 0 bridgehead atoms. The van der Waals surface area contributed by atoms with Crippen LogP contribution in [0.2, 0.25) is 5.02 Å². The molecule has 0 aliphatic carbocycles. The number of nitrogens with zero attached hydrogens (tertiary/aromatic N) is 1. The fourth-order valence-corrected chi connectivity index (χ4v) is 3.99. The molecule has 0 spiro atoms. The summed E-state index contributed by atoms with van der Waals surface area (Å²) in [6.45, 7) is 3.97. The van der Waals surface area contributed by atoms with Gasteiger partial charge in [0.05, 0.1) is 10.5 Å². The second kappa shape index (κ2) is 7.95. The number of benzene rings is 2. The van der Waals surface area contributed by atoms with Gasteiger partial charge in [-0.15, -0.1) is 0 Å². The second-order valence-electron chi connectivity index (χ2n) is 5.20. The lowest BCUT2D eigenvalue weighted by molar-refractivity contribution is 0.102. The van der Waals surface area contributed by atoms with Gasteiger partial charge < -0.3 is 5.32 Å². The van der Waals surface area contributed by atoms with Crippen LogP contribution in [0.25, 0.3) is 0 Å². The normalized spacial score (nSPS) is 11.6. The number of anilines is 1. The van der Waals surface area contributed by atoms with Gasteiger partial charge >= 0.3 is 0 Å². The van der Waals surface area contributed by atoms with Gasteiger partial charge in [-0.25, -0.2) is 12.8 Å². The molecule has 2 aromatic rings. The van der Waals surface area contributed by atoms with Gasteiger partial charge in [0.25, 0.3) is 5.91 Å². The van der Waals surface area contributed by atoms with Crippen LogP contribution in [-0.4, -0.2) is 31.7 Å². The molecular formula is C17H18ClFN2O3S. The van der Waals surface area contributed by atoms with E-state index < -0.39 is 21.7 Å². The first-order valence-corrected chi connectivity index (χ1v) is 9.48. The molecule has 2 aromatic carbocycles. The molecule has 1 amide bonds. The Bertz CT molecular complexity index is 883. The van der Waals surface area contributed by atoms with E-state index in [2.05, 4.69) is 5.32 Å². The quantitative estimate of drug-likeness (QED) is 0.824. The van der Waals surface area contributed by atoms with Crippen LogP contribution in [0, 0.1) is 5.82 Å². The van der Waals surface area contributed by atoms with Gasteiger partial charge in [-0.1, -0.05) is 31.5 Å². The average Bonchev–Trinajstić information content (AvgIpc) is 2.55. The Hall–Kier alpha value is -1.96. The smallest absolute Gasteiger partial charge is 0.258 e. The summed E-state index contributed by atoms with van der Waals surface area (Å²) >= 11 is 5.85. The zero-order valence-electron chi connectivity index (χ0n) is 13.8. The van der Waals surface area contributed by atoms with E-state index in [4.69, 9.17) is 11.6 Å². The van der Waals surface area contributed by atoms with E-state index in [9.17, 15) is 17.6 Å². The lowest BCUT2D eigenvalue weighted by Crippen LogP contribution is -2.31. The Balaban J connectivity index is 2.37. The minimum Gasteiger partial charge on any atom is -0.322 e. The molecule has 0 aromatic heterocycles. The van der Waals surface area contributed by atoms with Crippen LogP contribution in [-0.2, 0) is 10.0 Å². The van der Waals surface area contributed by atoms with Crippen molar-refractivity contribution in [3.05, 3.63) is 58.9 Å². The molecule has 0 heterocycles. The number of amides is 1. The Morgan fingerprint density at radius 1 is 1.16 bits per heavy atom. The maximum absolute atomic E-state index is 14.1. The maximum atomic E-state index is 14.1. The Kier molecular flexibility index (Phi) is 6.16. The highest BCUT2D eigenvalue weighted by Gasteiger charge is 2.24. The molecule has 5 nitrogen and oxygen atoms in total. The zero-order chi connectivity index (χ0) is 18.6. The van der Waals surface area contributed by atoms with Crippen molar-refractivity contribution in [2.24, 2.45) is 0 Å². The number of hydrogen-bond acceptors (Lipinski definition) is 3. The predicted molar refractivity (Wildman–Crippen MR) is 95.9 cm³/mol. The summed E-state index contributed by atoms with van der Waals surface area (Å²) in [5, 5.41) is 2.92. The second-order valence-corrected chi connectivity index (χ2v) is 7.57. The van der Waals surface area contributed by atoms with Crippen molar-refractivity contribution in [2.45, 2.75) is 18.7 Å². The van der Waals surface area contributed by atoms with Gasteiger partial charge in [-0.05, 0) is 36.4 Å². The highest BCUT2D eigenvalue weighted by atomic mass is 35.5. The standard InChI is InChI=1S/C17H18ClFN2O3S/c1-3-21(4-2)25(23,24)14-8-9-16(19)15(11-14)17(22)20-13-7-5-6-12(18)10-13/h5-11H,3-4H2,1-2H3,(H,20,22). The lowest BCUT2D eigenvalue weighted by atomic mass is 10.2. The average molecular weight is 385 g/mol. The molecule has 0 aliphatic heterocycles. The van der Waals surface area contributed by atoms with Gasteiger partial charge in [0.15, 0.2) is 0 Å². The van der Waals surface area contributed by atoms with Crippen molar-refractivity contribution < 1.29 is 17.6 Å². The molecule has 8 heteroatoms. The van der Waals surface area contributed by atoms with Crippen LogP contribution in [0.15, 0.2) is 47.4 Å². The Morgan fingerprint density at radius 2 is 1.84 bits per heavy atom. The van der Waals surface area contributed by atoms with Crippen molar-refractivity contribution in [3.63, 3.8) is 0 Å². The first-order valence-electron chi connectivity index (χ1n) is 7.66. The van der Waals surface area contributed by atoms with Gasteiger partial charge in [0.1, 0.15) is 5.82 Å². The van der Waals surface area contributed by atoms with Crippen LogP contribution in [0.3, 0.4) is 0 Å². The van der Waals surface area contributed by atoms with Crippen molar-refractivity contribution in [3.8, 4) is 0 Å². The molecule has 0 saturated heterocycles. The first kappa shape index (κ1) is 19.4. The number of halogens is 2. The number of carbonyl (C=O) groups is 1. The van der Waals surface area contributed by atoms with Crippen LogP contribution in [0.5, 0.6) is 0 Å². The maximum Gasteiger partial charge on any atom is 0.258 e. The molecule has 1 N–H and O–H groups in total. The minimum atomic E-state index is -3.79. The van der Waals surface area contributed by atoms with Crippen molar-refractivity contribution in [1.82, 2.24) is 4.31 Å². The van der Waals surface area contributed by atoms with Gasteiger partial charge in [0.2, 0.25) is 10.0 Å². The Labute approximate surface area is 151 Å². The zero-order valence-corrected chi connectivity index (χ0v) is 15.4. The van der Waals surface area contributed by atoms with E-state index in [0.717, 1.165) is 18.2 Å². The fraction of sp³-hybridized carbons (Fsp3) is 0.235. The van der Waals surface area contributed by atoms with Crippen LogP contribution < -0.4 is 5.32 Å². The number of sulfonamides is 1. The number of rotatable bonds is 6. The molecule has 0 saturated carbocycles. The molecule has 2 rings (SSSR count). The summed E-state index contributed by atoms with van der Waals surface area (Å²) in [7, 11) is -3.79. The minimum absolute atomic E-state index is 0.131. The predicted octanol–water partition coefficient (Wildman–Crippen LogP) is 3.76. The van der Waals surface area contributed by atoms with E-state index in [1.165, 1.54) is 10.4 Å². The lowest BCUT2D eigenvalue weighted by Gasteiger charge is -2.19. The molecule has 0 fully saturated rings. The highest BCUT2D eigenvalue weighted by Crippen LogP contribution is 2.21. The van der Waals surface area contributed by atoms with Crippen molar-refractivity contribution >= 4 is 33.2 Å². The summed E-state index contributed by atoms with van der Waals surface area (Å²) in [4.78, 5) is 12.2. The van der Waals surface area contributed by atoms with Gasteiger partial charge in [-0.2, -0.15) is 4.31 Å². The third-order valence-corrected chi connectivity index (χ3v) is 5.89. The molecular weight excluding hydrogens is 367 g/mol. The van der Waals surface area contributed by atoms with E-state index in [1.807, 2.05) is 0 Å². The molecule has 0 aliphatic rings. The van der Waals surface area contributed by atoms with E-state index in [0.29, 0.717) is 10.7 Å². The van der Waals surface area contributed by atoms with Crippen LogP contribution in [0.1, 0.15) is 24.2 Å². The summed E-state index contributed by atoms with van der Waals surface area (Å²) in [6.07, 6.45) is 0. The van der Waals surface area contributed by atoms with E-state index in [1.54, 1.807) is 32.0 Å². The SMILES string of the molecule is CCN(CC)S(=O)(=O)c1ccc(F)c(C(=O)Nc2cccc(Cl)c2)c1. The molecule has 0 atom stereocenters.